The first kappa shape index (κ1) is 20.3. The molecule has 0 fully saturated rings. The van der Waals surface area contributed by atoms with Crippen LogP contribution >= 0.6 is 0 Å². The molecule has 5 nitrogen and oxygen atoms in total. The molecule has 5 heteroatoms. The molecule has 3 N–H and O–H groups in total. The molecule has 24 heavy (non-hydrogen) atoms. The van der Waals surface area contributed by atoms with Gasteiger partial charge in [0.1, 0.15) is 5.60 Å². The Labute approximate surface area is 144 Å². The molecule has 1 aliphatic rings. The van der Waals surface area contributed by atoms with Crippen LogP contribution in [0, 0.1) is 16.7 Å². The molecule has 0 saturated heterocycles. The number of carbonyl (C=O) groups is 1. The van der Waals surface area contributed by atoms with Crippen molar-refractivity contribution in [1.82, 2.24) is 0 Å². The van der Waals surface area contributed by atoms with Gasteiger partial charge in [0.15, 0.2) is 0 Å². The number of carbonyl (C=O) groups excluding carboxylic acids is 1. The lowest BCUT2D eigenvalue weighted by Gasteiger charge is -2.20. The van der Waals surface area contributed by atoms with Gasteiger partial charge >= 0.3 is 5.97 Å². The molecule has 0 spiro atoms. The number of allylic oxidation sites excluding steroid dienone is 2. The van der Waals surface area contributed by atoms with Gasteiger partial charge in [0.2, 0.25) is 0 Å². The topological polar surface area (TPSA) is 94.2 Å². The van der Waals surface area contributed by atoms with Crippen LogP contribution in [0.25, 0.3) is 0 Å². The van der Waals surface area contributed by atoms with Gasteiger partial charge in [-0.1, -0.05) is 11.6 Å². The molecule has 0 radical (unpaired) electrons. The van der Waals surface area contributed by atoms with Crippen molar-refractivity contribution >= 4 is 17.9 Å². The van der Waals surface area contributed by atoms with Crippen molar-refractivity contribution in [1.29, 1.82) is 10.8 Å². The summed E-state index contributed by atoms with van der Waals surface area (Å²) in [5, 5.41) is 23.9. The summed E-state index contributed by atoms with van der Waals surface area (Å²) in [5.41, 5.74) is 1.59. The van der Waals surface area contributed by atoms with Crippen LogP contribution in [0.15, 0.2) is 23.3 Å². The molecule has 0 amide bonds. The van der Waals surface area contributed by atoms with Crippen molar-refractivity contribution in [2.45, 2.75) is 64.9 Å². The quantitative estimate of drug-likeness (QED) is 0.375. The maximum Gasteiger partial charge on any atom is 0.310 e. The molecule has 1 aliphatic carbocycles. The molecular weight excluding hydrogens is 304 g/mol. The molecule has 134 valence electrons. The highest BCUT2D eigenvalue weighted by Gasteiger charge is 2.20. The van der Waals surface area contributed by atoms with Crippen LogP contribution < -0.4 is 0 Å². The van der Waals surface area contributed by atoms with Gasteiger partial charge in [-0.3, -0.25) is 4.79 Å². The molecule has 1 rings (SSSR count). The molecule has 0 aromatic carbocycles. The van der Waals surface area contributed by atoms with Crippen LogP contribution in [0.3, 0.4) is 0 Å². The fourth-order valence-corrected chi connectivity index (χ4v) is 2.85. The zero-order chi connectivity index (χ0) is 18.2. The lowest BCUT2D eigenvalue weighted by molar-refractivity contribution is -0.153. The van der Waals surface area contributed by atoms with Crippen LogP contribution in [-0.2, 0) is 9.53 Å². The van der Waals surface area contributed by atoms with E-state index in [0.717, 1.165) is 43.3 Å². The van der Waals surface area contributed by atoms with Crippen molar-refractivity contribution in [3.05, 3.63) is 23.3 Å². The zero-order valence-corrected chi connectivity index (χ0v) is 15.0. The zero-order valence-electron chi connectivity index (χ0n) is 15.0. The van der Waals surface area contributed by atoms with Gasteiger partial charge in [0.05, 0.1) is 18.7 Å². The molecule has 1 atom stereocenters. The summed E-state index contributed by atoms with van der Waals surface area (Å²) in [6, 6.07) is 0. The van der Waals surface area contributed by atoms with E-state index in [1.54, 1.807) is 6.08 Å². The second kappa shape index (κ2) is 9.52. The molecule has 0 aliphatic heterocycles. The number of aliphatic hydroxyl groups is 1. The Bertz CT molecular complexity index is 527. The highest BCUT2D eigenvalue weighted by Crippen LogP contribution is 2.29. The Balaban J connectivity index is 2.53. The van der Waals surface area contributed by atoms with Gasteiger partial charge in [0.25, 0.3) is 0 Å². The Morgan fingerprint density at radius 3 is 2.71 bits per heavy atom. The van der Waals surface area contributed by atoms with Gasteiger partial charge in [0, 0.05) is 6.21 Å². The second-order valence-corrected chi connectivity index (χ2v) is 7.36. The van der Waals surface area contributed by atoms with E-state index in [4.69, 9.17) is 20.7 Å². The van der Waals surface area contributed by atoms with Gasteiger partial charge in [-0.2, -0.15) is 0 Å². The lowest BCUT2D eigenvalue weighted by atomic mass is 9.91. The Morgan fingerprint density at radius 1 is 1.42 bits per heavy atom. The first-order valence-corrected chi connectivity index (χ1v) is 8.52. The van der Waals surface area contributed by atoms with E-state index in [0.29, 0.717) is 12.3 Å². The number of rotatable bonds is 7. The summed E-state index contributed by atoms with van der Waals surface area (Å²) in [6.07, 6.45) is 9.84. The minimum atomic E-state index is -0.453. The number of hydrogen-bond acceptors (Lipinski definition) is 5. The summed E-state index contributed by atoms with van der Waals surface area (Å²) < 4.78 is 5.38. The molecular formula is C19H30N2O3. The number of nitrogens with one attached hydrogen (secondary N) is 2. The fraction of sp³-hybridized carbons (Fsp3) is 0.632. The smallest absolute Gasteiger partial charge is 0.310 e. The van der Waals surface area contributed by atoms with Gasteiger partial charge in [-0.25, -0.2) is 0 Å². The van der Waals surface area contributed by atoms with Gasteiger partial charge < -0.3 is 20.7 Å². The van der Waals surface area contributed by atoms with Gasteiger partial charge in [-0.15, -0.1) is 0 Å². The van der Waals surface area contributed by atoms with Crippen molar-refractivity contribution in [3.8, 4) is 0 Å². The van der Waals surface area contributed by atoms with E-state index in [9.17, 15) is 4.79 Å². The maximum absolute atomic E-state index is 11.9. The maximum atomic E-state index is 11.9. The summed E-state index contributed by atoms with van der Waals surface area (Å²) in [5.74, 6) is 0.250. The number of ether oxygens (including phenoxy) is 1. The monoisotopic (exact) mass is 334 g/mol. The SMILES string of the molecule is CC(C)(C)OC(=O)CC1=CCCC(C/C(C=N)=C/C(=N)CO)CC1. The number of hydrogen-bond donors (Lipinski definition) is 3. The first-order valence-electron chi connectivity index (χ1n) is 8.52. The normalized spacial score (nSPS) is 19.2. The molecule has 0 heterocycles. The molecule has 0 aromatic rings. The summed E-state index contributed by atoms with van der Waals surface area (Å²) in [6.45, 7) is 5.32. The van der Waals surface area contributed by atoms with E-state index < -0.39 is 5.60 Å². The lowest BCUT2D eigenvalue weighted by Crippen LogP contribution is -2.24. The fourth-order valence-electron chi connectivity index (χ4n) is 2.85. The Hall–Kier alpha value is -1.75. The third-order valence-corrected chi connectivity index (χ3v) is 3.91. The highest BCUT2D eigenvalue weighted by molar-refractivity contribution is 5.98. The van der Waals surface area contributed by atoms with Crippen LogP contribution in [-0.4, -0.2) is 35.2 Å². The molecule has 1 unspecified atom stereocenters. The van der Waals surface area contributed by atoms with E-state index in [1.165, 1.54) is 6.21 Å². The third-order valence-electron chi connectivity index (χ3n) is 3.91. The largest absolute Gasteiger partial charge is 0.460 e. The second-order valence-electron chi connectivity index (χ2n) is 7.36. The predicted octanol–water partition coefficient (Wildman–Crippen LogP) is 3.81. The van der Waals surface area contributed by atoms with E-state index in [1.807, 2.05) is 20.8 Å². The Morgan fingerprint density at radius 2 is 2.12 bits per heavy atom. The van der Waals surface area contributed by atoms with Crippen molar-refractivity contribution < 1.29 is 14.6 Å². The Kier molecular flexibility index (Phi) is 8.05. The summed E-state index contributed by atoms with van der Waals surface area (Å²) in [7, 11) is 0. The molecule has 0 aromatic heterocycles. The summed E-state index contributed by atoms with van der Waals surface area (Å²) >= 11 is 0. The number of aliphatic hydroxyl groups excluding tert-OH is 1. The first-order chi connectivity index (χ1) is 11.2. The van der Waals surface area contributed by atoms with Crippen molar-refractivity contribution in [3.63, 3.8) is 0 Å². The highest BCUT2D eigenvalue weighted by atomic mass is 16.6. The van der Waals surface area contributed by atoms with Crippen LogP contribution in [0.2, 0.25) is 0 Å². The van der Waals surface area contributed by atoms with E-state index in [2.05, 4.69) is 6.08 Å². The predicted molar refractivity (Wildman–Crippen MR) is 96.8 cm³/mol. The van der Waals surface area contributed by atoms with Crippen LogP contribution in [0.4, 0.5) is 0 Å². The summed E-state index contributed by atoms with van der Waals surface area (Å²) in [4.78, 5) is 11.9. The molecule has 0 saturated carbocycles. The number of esters is 1. The average Bonchev–Trinajstić information content (AvgIpc) is 2.69. The average molecular weight is 334 g/mol. The molecule has 0 bridgehead atoms. The standard InChI is InChI=1S/C19H30N2O3/c1-19(2,3)24-18(23)11-15-6-4-5-14(7-8-15)9-16(12-20)10-17(21)13-22/h6,10,12,14,20-22H,4-5,7-9,11,13H2,1-3H3/b16-10-,20-12?,21-17?. The minimum Gasteiger partial charge on any atom is -0.460 e. The van der Waals surface area contributed by atoms with Crippen LogP contribution in [0.5, 0.6) is 0 Å². The van der Waals surface area contributed by atoms with Crippen LogP contribution in [0.1, 0.15) is 59.3 Å². The minimum absolute atomic E-state index is 0.130. The van der Waals surface area contributed by atoms with E-state index in [-0.39, 0.29) is 18.3 Å². The van der Waals surface area contributed by atoms with Crippen molar-refractivity contribution in [2.24, 2.45) is 5.92 Å². The van der Waals surface area contributed by atoms with Crippen molar-refractivity contribution in [2.75, 3.05) is 6.61 Å². The van der Waals surface area contributed by atoms with Gasteiger partial charge in [-0.05, 0) is 70.4 Å². The van der Waals surface area contributed by atoms with E-state index >= 15 is 0 Å². The third kappa shape index (κ3) is 8.20.